The number of anilines is 1. The van der Waals surface area contributed by atoms with E-state index < -0.39 is 0 Å². The van der Waals surface area contributed by atoms with Crippen LogP contribution in [0.5, 0.6) is 0 Å². The van der Waals surface area contributed by atoms with Gasteiger partial charge >= 0.3 is 0 Å². The lowest BCUT2D eigenvalue weighted by Gasteiger charge is -2.38. The topological polar surface area (TPSA) is 36.4 Å². The van der Waals surface area contributed by atoms with Gasteiger partial charge in [-0.2, -0.15) is 0 Å². The van der Waals surface area contributed by atoms with Crippen molar-refractivity contribution in [3.8, 4) is 0 Å². The van der Waals surface area contributed by atoms with Crippen LogP contribution >= 0.6 is 0 Å². The molecule has 3 heterocycles. The number of benzene rings is 1. The Bertz CT molecular complexity index is 742. The molecule has 0 radical (unpaired) electrons. The van der Waals surface area contributed by atoms with Gasteiger partial charge < -0.3 is 9.80 Å². The number of pyridine rings is 1. The molecule has 5 heteroatoms. The molecule has 1 aromatic heterocycles. The minimum absolute atomic E-state index is 0.0831. The Morgan fingerprint density at radius 3 is 2.58 bits per heavy atom. The first kappa shape index (κ1) is 15.1. The van der Waals surface area contributed by atoms with E-state index in [0.717, 1.165) is 50.1 Å². The van der Waals surface area contributed by atoms with Gasteiger partial charge in [-0.3, -0.25) is 9.78 Å². The number of piperidine rings is 1. The van der Waals surface area contributed by atoms with E-state index in [1.54, 1.807) is 36.7 Å². The van der Waals surface area contributed by atoms with Gasteiger partial charge in [-0.05, 0) is 55.2 Å². The van der Waals surface area contributed by atoms with E-state index >= 15 is 0 Å². The summed E-state index contributed by atoms with van der Waals surface area (Å²) in [5.41, 5.74) is 2.96. The van der Waals surface area contributed by atoms with Gasteiger partial charge in [0, 0.05) is 49.3 Å². The SMILES string of the molecule is O=C(c1ccncc1)N1CCC(N2CCc3cc(F)ccc32)CC1. The van der Waals surface area contributed by atoms with E-state index in [1.165, 1.54) is 0 Å². The monoisotopic (exact) mass is 325 g/mol. The fourth-order valence-corrected chi connectivity index (χ4v) is 3.83. The van der Waals surface area contributed by atoms with Gasteiger partial charge in [-0.15, -0.1) is 0 Å². The van der Waals surface area contributed by atoms with Crippen LogP contribution in [-0.4, -0.2) is 41.5 Å². The number of fused-ring (bicyclic) bond motifs is 1. The summed E-state index contributed by atoms with van der Waals surface area (Å²) in [4.78, 5) is 20.8. The van der Waals surface area contributed by atoms with Crippen LogP contribution in [0.3, 0.4) is 0 Å². The summed E-state index contributed by atoms with van der Waals surface area (Å²) in [6, 6.07) is 9.04. The van der Waals surface area contributed by atoms with Crippen molar-refractivity contribution in [2.24, 2.45) is 0 Å². The highest BCUT2D eigenvalue weighted by Crippen LogP contribution is 2.33. The zero-order chi connectivity index (χ0) is 16.5. The maximum Gasteiger partial charge on any atom is 0.253 e. The third kappa shape index (κ3) is 2.75. The molecule has 0 saturated carbocycles. The molecule has 0 atom stereocenters. The smallest absolute Gasteiger partial charge is 0.253 e. The summed E-state index contributed by atoms with van der Waals surface area (Å²) < 4.78 is 13.4. The Balaban J connectivity index is 1.42. The predicted octanol–water partition coefficient (Wildman–Crippen LogP) is 2.89. The van der Waals surface area contributed by atoms with Crippen LogP contribution in [0.4, 0.5) is 10.1 Å². The third-order valence-electron chi connectivity index (χ3n) is 5.09. The molecule has 2 aliphatic heterocycles. The summed E-state index contributed by atoms with van der Waals surface area (Å²) in [7, 11) is 0. The summed E-state index contributed by atoms with van der Waals surface area (Å²) in [5, 5.41) is 0. The first-order chi connectivity index (χ1) is 11.7. The fraction of sp³-hybridized carbons (Fsp3) is 0.368. The van der Waals surface area contributed by atoms with E-state index in [1.807, 2.05) is 11.0 Å². The fourth-order valence-electron chi connectivity index (χ4n) is 3.83. The number of hydrogen-bond donors (Lipinski definition) is 0. The highest BCUT2D eigenvalue weighted by atomic mass is 19.1. The van der Waals surface area contributed by atoms with Gasteiger partial charge in [0.2, 0.25) is 0 Å². The summed E-state index contributed by atoms with van der Waals surface area (Å²) >= 11 is 0. The van der Waals surface area contributed by atoms with Crippen molar-refractivity contribution in [1.82, 2.24) is 9.88 Å². The lowest BCUT2D eigenvalue weighted by Crippen LogP contribution is -2.46. The second kappa shape index (κ2) is 6.23. The van der Waals surface area contributed by atoms with Crippen molar-refractivity contribution in [3.63, 3.8) is 0 Å². The van der Waals surface area contributed by atoms with Crippen LogP contribution in [0.1, 0.15) is 28.8 Å². The molecule has 0 aliphatic carbocycles. The minimum Gasteiger partial charge on any atom is -0.368 e. The number of aromatic nitrogens is 1. The highest BCUT2D eigenvalue weighted by Gasteiger charge is 2.30. The maximum atomic E-state index is 13.4. The number of rotatable bonds is 2. The molecule has 2 aromatic rings. The van der Waals surface area contributed by atoms with E-state index in [4.69, 9.17) is 0 Å². The van der Waals surface area contributed by atoms with Crippen LogP contribution in [0.15, 0.2) is 42.7 Å². The largest absolute Gasteiger partial charge is 0.368 e. The molecule has 0 unspecified atom stereocenters. The van der Waals surface area contributed by atoms with Crippen molar-refractivity contribution in [2.75, 3.05) is 24.5 Å². The maximum absolute atomic E-state index is 13.4. The van der Waals surface area contributed by atoms with Gasteiger partial charge in [-0.25, -0.2) is 4.39 Å². The molecule has 124 valence electrons. The van der Waals surface area contributed by atoms with Crippen molar-refractivity contribution < 1.29 is 9.18 Å². The first-order valence-corrected chi connectivity index (χ1v) is 8.47. The average molecular weight is 325 g/mol. The van der Waals surface area contributed by atoms with Crippen LogP contribution < -0.4 is 4.90 Å². The van der Waals surface area contributed by atoms with E-state index in [0.29, 0.717) is 11.6 Å². The molecular weight excluding hydrogens is 305 g/mol. The molecular formula is C19H20FN3O. The quantitative estimate of drug-likeness (QED) is 0.852. The second-order valence-electron chi connectivity index (χ2n) is 6.48. The van der Waals surface area contributed by atoms with Gasteiger partial charge in [0.05, 0.1) is 0 Å². The molecule has 24 heavy (non-hydrogen) atoms. The Morgan fingerprint density at radius 1 is 1.08 bits per heavy atom. The number of halogens is 1. The molecule has 2 aliphatic rings. The molecule has 0 spiro atoms. The summed E-state index contributed by atoms with van der Waals surface area (Å²) in [5.74, 6) is -0.0758. The first-order valence-electron chi connectivity index (χ1n) is 8.47. The number of carbonyl (C=O) groups is 1. The zero-order valence-corrected chi connectivity index (χ0v) is 13.5. The van der Waals surface area contributed by atoms with Crippen molar-refractivity contribution in [1.29, 1.82) is 0 Å². The molecule has 4 rings (SSSR count). The van der Waals surface area contributed by atoms with Gasteiger partial charge in [0.1, 0.15) is 5.82 Å². The van der Waals surface area contributed by atoms with Crippen molar-refractivity contribution >= 4 is 11.6 Å². The normalized spacial score (nSPS) is 17.9. The number of likely N-dealkylation sites (tertiary alicyclic amines) is 1. The van der Waals surface area contributed by atoms with Gasteiger partial charge in [-0.1, -0.05) is 0 Å². The average Bonchev–Trinajstić information content (AvgIpc) is 3.05. The molecule has 1 amide bonds. The Labute approximate surface area is 140 Å². The molecule has 4 nitrogen and oxygen atoms in total. The number of nitrogens with zero attached hydrogens (tertiary/aromatic N) is 3. The van der Waals surface area contributed by atoms with E-state index in [2.05, 4.69) is 9.88 Å². The Morgan fingerprint density at radius 2 is 1.83 bits per heavy atom. The van der Waals surface area contributed by atoms with E-state index in [-0.39, 0.29) is 11.7 Å². The highest BCUT2D eigenvalue weighted by molar-refractivity contribution is 5.94. The second-order valence-corrected chi connectivity index (χ2v) is 6.48. The summed E-state index contributed by atoms with van der Waals surface area (Å²) in [6.07, 6.45) is 6.12. The van der Waals surface area contributed by atoms with Crippen LogP contribution in [0, 0.1) is 5.82 Å². The number of amides is 1. The molecule has 1 saturated heterocycles. The van der Waals surface area contributed by atoms with Crippen LogP contribution in [0.2, 0.25) is 0 Å². The molecule has 1 aromatic carbocycles. The lowest BCUT2D eigenvalue weighted by molar-refractivity contribution is 0.0712. The van der Waals surface area contributed by atoms with Gasteiger partial charge in [0.25, 0.3) is 5.91 Å². The minimum atomic E-state index is -0.159. The lowest BCUT2D eigenvalue weighted by atomic mass is 10.0. The molecule has 0 bridgehead atoms. The standard InChI is InChI=1S/C19H20FN3O/c20-16-1-2-18-15(13-16)5-12-23(18)17-6-10-22(11-7-17)19(24)14-3-8-21-9-4-14/h1-4,8-9,13,17H,5-7,10-12H2. The van der Waals surface area contributed by atoms with Gasteiger partial charge in [0.15, 0.2) is 0 Å². The van der Waals surface area contributed by atoms with Crippen molar-refractivity contribution in [3.05, 3.63) is 59.7 Å². The third-order valence-corrected chi connectivity index (χ3v) is 5.09. The van der Waals surface area contributed by atoms with Crippen molar-refractivity contribution in [2.45, 2.75) is 25.3 Å². The summed E-state index contributed by atoms with van der Waals surface area (Å²) in [6.45, 7) is 2.47. The van der Waals surface area contributed by atoms with E-state index in [9.17, 15) is 9.18 Å². The number of hydrogen-bond acceptors (Lipinski definition) is 3. The molecule has 1 fully saturated rings. The number of carbonyl (C=O) groups excluding carboxylic acids is 1. The van der Waals surface area contributed by atoms with Crippen LogP contribution in [0.25, 0.3) is 0 Å². The molecule has 0 N–H and O–H groups in total. The predicted molar refractivity (Wildman–Crippen MR) is 90.6 cm³/mol. The Kier molecular flexibility index (Phi) is 3.92. The zero-order valence-electron chi connectivity index (χ0n) is 13.5. The Hall–Kier alpha value is -2.43. The van der Waals surface area contributed by atoms with Crippen LogP contribution in [-0.2, 0) is 6.42 Å².